The molecule has 0 aromatic heterocycles. The molecule has 59 heavy (non-hydrogen) atoms. The third-order valence-electron chi connectivity index (χ3n) is 12.4. The first-order valence-corrected chi connectivity index (χ1v) is 18.8. The van der Waals surface area contributed by atoms with Gasteiger partial charge in [-0.15, -0.1) is 0 Å². The van der Waals surface area contributed by atoms with Gasteiger partial charge in [0.05, 0.1) is 47.0 Å². The van der Waals surface area contributed by atoms with Gasteiger partial charge >= 0.3 is 11.4 Å². The van der Waals surface area contributed by atoms with Crippen molar-refractivity contribution in [3.05, 3.63) is 140 Å². The number of imide groups is 1. The van der Waals surface area contributed by atoms with Crippen molar-refractivity contribution in [3.8, 4) is 17.2 Å². The predicted octanol–water partition coefficient (Wildman–Crippen LogP) is 6.32. The fourth-order valence-corrected chi connectivity index (χ4v) is 10.1. The number of hydrogen-bond donors (Lipinski definition) is 1. The molecular weight excluding hydrogens is 761 g/mol. The second-order valence-corrected chi connectivity index (χ2v) is 15.3. The van der Waals surface area contributed by atoms with Crippen LogP contribution in [0.15, 0.2) is 103 Å². The van der Waals surface area contributed by atoms with E-state index in [-0.39, 0.29) is 58.4 Å². The van der Waals surface area contributed by atoms with Crippen LogP contribution in [0.4, 0.5) is 22.7 Å². The van der Waals surface area contributed by atoms with Crippen molar-refractivity contribution in [2.45, 2.75) is 24.2 Å². The van der Waals surface area contributed by atoms with E-state index in [1.807, 2.05) is 0 Å². The molecular formula is C44H38N4O11. The van der Waals surface area contributed by atoms with E-state index in [0.717, 1.165) is 17.0 Å². The Bertz CT molecular complexity index is 2520. The molecule has 1 heterocycles. The van der Waals surface area contributed by atoms with Crippen LogP contribution in [0.5, 0.6) is 17.2 Å². The lowest BCUT2D eigenvalue weighted by atomic mass is 9.44. The summed E-state index contributed by atoms with van der Waals surface area (Å²) in [6.07, 6.45) is 3.05. The van der Waals surface area contributed by atoms with E-state index < -0.39 is 73.8 Å². The van der Waals surface area contributed by atoms with Crippen LogP contribution in [0, 0.1) is 43.9 Å². The van der Waals surface area contributed by atoms with Crippen LogP contribution in [0.3, 0.4) is 0 Å². The highest BCUT2D eigenvalue weighted by Crippen LogP contribution is 2.66. The van der Waals surface area contributed by atoms with E-state index in [4.69, 9.17) is 9.47 Å². The van der Waals surface area contributed by atoms with Gasteiger partial charge in [0.25, 0.3) is 0 Å². The third kappa shape index (κ3) is 5.70. The maximum Gasteiger partial charge on any atom is 0.301 e. The van der Waals surface area contributed by atoms with E-state index in [0.29, 0.717) is 16.7 Å². The SMILES string of the molecule is COc1cc(O)c(C2C3=CCC4C(=O)N(c5cc([N+](=O)[O-])c(N(C)C)c([N+](=O)[O-])c5)C(=O)C4C3CC3C(=O)C(c4ccccc4)=CC(=O)C32c2ccccc2)c(OC)c1. The largest absolute Gasteiger partial charge is 0.507 e. The van der Waals surface area contributed by atoms with Crippen molar-refractivity contribution in [1.82, 2.24) is 0 Å². The predicted molar refractivity (Wildman–Crippen MR) is 214 cm³/mol. The average molecular weight is 799 g/mol. The first-order valence-electron chi connectivity index (χ1n) is 18.8. The Labute approximate surface area is 337 Å². The topological polar surface area (TPSA) is 200 Å². The number of phenols is 1. The number of nitro groups is 2. The minimum Gasteiger partial charge on any atom is -0.507 e. The lowest BCUT2D eigenvalue weighted by Gasteiger charge is -2.55. The van der Waals surface area contributed by atoms with E-state index >= 15 is 9.59 Å². The summed E-state index contributed by atoms with van der Waals surface area (Å²) in [5.41, 5.74) is -1.80. The van der Waals surface area contributed by atoms with Crippen LogP contribution in [0.1, 0.15) is 35.4 Å². The lowest BCUT2D eigenvalue weighted by molar-refractivity contribution is -0.392. The smallest absolute Gasteiger partial charge is 0.301 e. The van der Waals surface area contributed by atoms with Gasteiger partial charge in [0.15, 0.2) is 17.3 Å². The molecule has 4 aliphatic rings. The Balaban J connectivity index is 1.37. The number of carbonyl (C=O) groups is 4. The number of Topliss-reactive ketones (excluding diaryl/α,β-unsaturated/α-hetero) is 1. The zero-order valence-electron chi connectivity index (χ0n) is 32.4. The van der Waals surface area contributed by atoms with Crippen molar-refractivity contribution in [2.24, 2.45) is 23.7 Å². The number of allylic oxidation sites excluding steroid dienone is 4. The molecule has 0 radical (unpaired) electrons. The summed E-state index contributed by atoms with van der Waals surface area (Å²) in [5, 5.41) is 36.5. The Morgan fingerprint density at radius 1 is 0.831 bits per heavy atom. The van der Waals surface area contributed by atoms with E-state index in [2.05, 4.69) is 0 Å². The summed E-state index contributed by atoms with van der Waals surface area (Å²) in [5.74, 6) is -7.47. The number of anilines is 2. The standard InChI is InChI=1S/C44H38N4O11/c1-45(2)40-32(47(54)55)17-25(18-33(40)48(56)57)46-42(52)28-16-15-27-30(37(28)43(46)53)21-31-41(51)29(23-11-7-5-8-12-23)22-36(50)44(31,24-13-9-6-10-14-24)39(27)38-34(49)19-26(58-3)20-35(38)59-4/h5-15,17-20,22,28,30-31,37,39,49H,16,21H2,1-4H3. The molecule has 4 aromatic rings. The number of ether oxygens (including phenoxy) is 2. The Morgan fingerprint density at radius 3 is 2.03 bits per heavy atom. The Kier molecular flexibility index (Phi) is 9.41. The van der Waals surface area contributed by atoms with Crippen LogP contribution in [-0.2, 0) is 24.6 Å². The number of ketones is 2. The molecule has 0 spiro atoms. The molecule has 4 aromatic carbocycles. The van der Waals surface area contributed by atoms with Crippen molar-refractivity contribution in [1.29, 1.82) is 0 Å². The summed E-state index contributed by atoms with van der Waals surface area (Å²) in [6.45, 7) is 0. The van der Waals surface area contributed by atoms with Gasteiger partial charge in [0, 0.05) is 61.3 Å². The van der Waals surface area contributed by atoms with Gasteiger partial charge in [0.1, 0.15) is 17.2 Å². The number of nitrogens with zero attached hydrogens (tertiary/aromatic N) is 4. The molecule has 1 saturated heterocycles. The summed E-state index contributed by atoms with van der Waals surface area (Å²) in [4.78, 5) is 84.9. The normalized spacial score (nSPS) is 24.7. The summed E-state index contributed by atoms with van der Waals surface area (Å²) < 4.78 is 11.3. The molecule has 1 aliphatic heterocycles. The van der Waals surface area contributed by atoms with E-state index in [1.165, 1.54) is 45.4 Å². The van der Waals surface area contributed by atoms with E-state index in [9.17, 15) is 34.9 Å². The summed E-state index contributed by atoms with van der Waals surface area (Å²) >= 11 is 0. The summed E-state index contributed by atoms with van der Waals surface area (Å²) in [6, 6.07) is 22.4. The van der Waals surface area contributed by atoms with Crippen LogP contribution >= 0.6 is 0 Å². The van der Waals surface area contributed by atoms with Crippen molar-refractivity contribution >= 4 is 51.7 Å². The molecule has 2 amide bonds. The molecule has 1 saturated carbocycles. The summed E-state index contributed by atoms with van der Waals surface area (Å²) in [7, 11) is 5.63. The van der Waals surface area contributed by atoms with Crippen LogP contribution in [0.2, 0.25) is 0 Å². The van der Waals surface area contributed by atoms with Gasteiger partial charge in [-0.3, -0.25) is 39.4 Å². The van der Waals surface area contributed by atoms with Gasteiger partial charge < -0.3 is 19.5 Å². The molecule has 0 bridgehead atoms. The molecule has 1 N–H and O–H groups in total. The Morgan fingerprint density at radius 2 is 1.46 bits per heavy atom. The van der Waals surface area contributed by atoms with Gasteiger partial charge in [0.2, 0.25) is 11.8 Å². The molecule has 15 nitrogen and oxygen atoms in total. The minimum absolute atomic E-state index is 0.0178. The van der Waals surface area contributed by atoms with Crippen molar-refractivity contribution in [3.63, 3.8) is 0 Å². The number of amides is 2. The van der Waals surface area contributed by atoms with Crippen molar-refractivity contribution < 1.29 is 43.6 Å². The highest BCUT2D eigenvalue weighted by atomic mass is 16.6. The van der Waals surface area contributed by atoms with Gasteiger partial charge in [-0.1, -0.05) is 72.3 Å². The zero-order valence-corrected chi connectivity index (χ0v) is 32.4. The average Bonchev–Trinajstić information content (AvgIpc) is 3.49. The number of phenolic OH excluding ortho intramolecular Hbond substituents is 1. The molecule has 300 valence electrons. The molecule has 3 aliphatic carbocycles. The molecule has 8 rings (SSSR count). The first kappa shape index (κ1) is 38.7. The number of benzene rings is 4. The lowest BCUT2D eigenvalue weighted by Crippen LogP contribution is -2.58. The van der Waals surface area contributed by atoms with Crippen LogP contribution in [-0.4, -0.2) is 66.6 Å². The number of methoxy groups -OCH3 is 2. The fraction of sp³-hybridized carbons (Fsp3) is 0.273. The highest BCUT2D eigenvalue weighted by Gasteiger charge is 2.67. The molecule has 15 heteroatoms. The number of hydrogen-bond acceptors (Lipinski definition) is 12. The van der Waals surface area contributed by atoms with Gasteiger partial charge in [-0.25, -0.2) is 4.90 Å². The Hall–Kier alpha value is -7.16. The van der Waals surface area contributed by atoms with Gasteiger partial charge in [-0.2, -0.15) is 0 Å². The fourth-order valence-electron chi connectivity index (χ4n) is 10.1. The quantitative estimate of drug-likeness (QED) is 0.0857. The number of rotatable bonds is 9. The number of nitro benzene ring substituents is 2. The minimum atomic E-state index is -1.68. The van der Waals surface area contributed by atoms with Crippen molar-refractivity contribution in [2.75, 3.05) is 38.1 Å². The van der Waals surface area contributed by atoms with Crippen LogP contribution < -0.4 is 19.3 Å². The zero-order chi connectivity index (χ0) is 42.1. The molecule has 2 fully saturated rings. The van der Waals surface area contributed by atoms with Crippen LogP contribution in [0.25, 0.3) is 5.57 Å². The van der Waals surface area contributed by atoms with E-state index in [1.54, 1.807) is 72.8 Å². The number of fused-ring (bicyclic) bond motifs is 4. The second-order valence-electron chi connectivity index (χ2n) is 15.3. The molecule has 6 unspecified atom stereocenters. The van der Waals surface area contributed by atoms with Gasteiger partial charge in [-0.05, 0) is 36.0 Å². The maximum atomic E-state index is 15.4. The highest BCUT2D eigenvalue weighted by molar-refractivity contribution is 6.32. The number of aromatic hydroxyl groups is 1. The number of carbonyl (C=O) groups excluding carboxylic acids is 4. The monoisotopic (exact) mass is 798 g/mol. The maximum absolute atomic E-state index is 15.4. The second kappa shape index (κ2) is 14.3. The molecule has 6 atom stereocenters. The third-order valence-corrected chi connectivity index (χ3v) is 12.4. The first-order chi connectivity index (χ1) is 28.3.